The molecule has 2 aromatic rings. The van der Waals surface area contributed by atoms with Crippen LogP contribution in [-0.4, -0.2) is 50.2 Å². The summed E-state index contributed by atoms with van der Waals surface area (Å²) in [5, 5.41) is 2.23. The van der Waals surface area contributed by atoms with E-state index in [0.29, 0.717) is 47.3 Å². The monoisotopic (exact) mass is 606 g/mol. The van der Waals surface area contributed by atoms with Gasteiger partial charge in [-0.25, -0.2) is 4.79 Å². The number of rotatable bonds is 11. The van der Waals surface area contributed by atoms with Gasteiger partial charge in [0.2, 0.25) is 0 Å². The molecule has 36 heavy (non-hydrogen) atoms. The molecule has 0 aliphatic carbocycles. The standard InChI is InChI=1S/C26H27IN2O7/c1-5-9-35-20-8-7-16(13-21(20)33-3)15-29-25(31)18(24(30)28-26(29)32)11-17-12-19(27)23(36-10-6-2)22(14-17)34-4/h6-8,11-14H,2,5,9-10,15H2,1,3-4H3,(H,28,30,32)/b18-11+. The molecule has 1 N–H and O–H groups in total. The van der Waals surface area contributed by atoms with Crippen molar-refractivity contribution in [1.82, 2.24) is 10.2 Å². The van der Waals surface area contributed by atoms with Crippen molar-refractivity contribution in [1.29, 1.82) is 0 Å². The number of hydrogen-bond donors (Lipinski definition) is 1. The van der Waals surface area contributed by atoms with Crippen molar-refractivity contribution >= 4 is 46.5 Å². The van der Waals surface area contributed by atoms with Crippen molar-refractivity contribution < 1.29 is 33.3 Å². The molecule has 0 radical (unpaired) electrons. The van der Waals surface area contributed by atoms with Crippen LogP contribution in [0.4, 0.5) is 4.79 Å². The molecule has 0 spiro atoms. The second kappa shape index (κ2) is 12.4. The van der Waals surface area contributed by atoms with Gasteiger partial charge in [0.05, 0.1) is 30.9 Å². The molecule has 9 nitrogen and oxygen atoms in total. The van der Waals surface area contributed by atoms with Crippen molar-refractivity contribution in [2.45, 2.75) is 19.9 Å². The third-order valence-corrected chi connectivity index (χ3v) is 5.93. The summed E-state index contributed by atoms with van der Waals surface area (Å²) in [6, 6.07) is 7.75. The number of nitrogens with one attached hydrogen (secondary N) is 1. The van der Waals surface area contributed by atoms with Gasteiger partial charge in [0, 0.05) is 0 Å². The van der Waals surface area contributed by atoms with E-state index in [1.165, 1.54) is 20.3 Å². The molecule has 1 fully saturated rings. The highest BCUT2D eigenvalue weighted by molar-refractivity contribution is 14.1. The van der Waals surface area contributed by atoms with Crippen molar-refractivity contribution in [3.63, 3.8) is 0 Å². The summed E-state index contributed by atoms with van der Waals surface area (Å²) in [6.07, 6.45) is 3.87. The second-order valence-electron chi connectivity index (χ2n) is 7.68. The molecule has 1 aliphatic rings. The first kappa shape index (κ1) is 27.1. The van der Waals surface area contributed by atoms with Crippen LogP contribution in [0.1, 0.15) is 24.5 Å². The number of methoxy groups -OCH3 is 2. The molecular weight excluding hydrogens is 579 g/mol. The predicted molar refractivity (Wildman–Crippen MR) is 142 cm³/mol. The van der Waals surface area contributed by atoms with Crippen LogP contribution < -0.4 is 24.3 Å². The molecule has 1 saturated heterocycles. The average Bonchev–Trinajstić information content (AvgIpc) is 2.87. The van der Waals surface area contributed by atoms with E-state index < -0.39 is 17.8 Å². The Kier molecular flexibility index (Phi) is 9.34. The molecule has 4 amide bonds. The summed E-state index contributed by atoms with van der Waals surface area (Å²) in [5.41, 5.74) is 0.990. The van der Waals surface area contributed by atoms with Gasteiger partial charge in [-0.05, 0) is 70.5 Å². The lowest BCUT2D eigenvalue weighted by atomic mass is 10.1. The molecule has 190 valence electrons. The number of ether oxygens (including phenoxy) is 4. The van der Waals surface area contributed by atoms with E-state index in [1.54, 1.807) is 36.4 Å². The largest absolute Gasteiger partial charge is 0.493 e. The van der Waals surface area contributed by atoms with Gasteiger partial charge < -0.3 is 18.9 Å². The maximum absolute atomic E-state index is 13.2. The number of amides is 4. The third-order valence-electron chi connectivity index (χ3n) is 5.12. The topological polar surface area (TPSA) is 103 Å². The Morgan fingerprint density at radius 3 is 2.44 bits per heavy atom. The molecule has 10 heteroatoms. The Labute approximate surface area is 223 Å². The summed E-state index contributed by atoms with van der Waals surface area (Å²) < 4.78 is 22.8. The number of carbonyl (C=O) groups is 3. The lowest BCUT2D eigenvalue weighted by molar-refractivity contribution is -0.130. The number of halogens is 1. The van der Waals surface area contributed by atoms with Crippen LogP contribution in [0.3, 0.4) is 0 Å². The van der Waals surface area contributed by atoms with E-state index in [0.717, 1.165) is 14.9 Å². The Bertz CT molecular complexity index is 1210. The molecule has 2 aromatic carbocycles. The van der Waals surface area contributed by atoms with Crippen LogP contribution in [0.5, 0.6) is 23.0 Å². The van der Waals surface area contributed by atoms with Gasteiger partial charge in [-0.15, -0.1) is 0 Å². The van der Waals surface area contributed by atoms with Gasteiger partial charge >= 0.3 is 6.03 Å². The first-order valence-corrected chi connectivity index (χ1v) is 12.2. The molecule has 0 bridgehead atoms. The summed E-state index contributed by atoms with van der Waals surface area (Å²) in [7, 11) is 3.01. The van der Waals surface area contributed by atoms with E-state index in [9.17, 15) is 14.4 Å². The van der Waals surface area contributed by atoms with Gasteiger partial charge in [0.1, 0.15) is 12.2 Å². The lowest BCUT2D eigenvalue weighted by Crippen LogP contribution is -2.53. The molecule has 3 rings (SSSR count). The molecule has 0 atom stereocenters. The molecule has 1 aliphatic heterocycles. The molecule has 0 aromatic heterocycles. The van der Waals surface area contributed by atoms with E-state index in [1.807, 2.05) is 6.92 Å². The number of barbiturate groups is 1. The highest BCUT2D eigenvalue weighted by Crippen LogP contribution is 2.35. The van der Waals surface area contributed by atoms with Crippen LogP contribution in [0.25, 0.3) is 6.08 Å². The summed E-state index contributed by atoms with van der Waals surface area (Å²) in [5.74, 6) is 0.523. The molecule has 1 heterocycles. The fourth-order valence-corrected chi connectivity index (χ4v) is 4.21. The maximum atomic E-state index is 13.2. The minimum Gasteiger partial charge on any atom is -0.493 e. The van der Waals surface area contributed by atoms with E-state index in [4.69, 9.17) is 18.9 Å². The number of urea groups is 1. The highest BCUT2D eigenvalue weighted by atomic mass is 127. The fourth-order valence-electron chi connectivity index (χ4n) is 3.43. The zero-order chi connectivity index (χ0) is 26.2. The number of hydrogen-bond acceptors (Lipinski definition) is 7. The normalized spacial score (nSPS) is 14.5. The Morgan fingerprint density at radius 2 is 1.78 bits per heavy atom. The summed E-state index contributed by atoms with van der Waals surface area (Å²) in [4.78, 5) is 39.3. The zero-order valence-electron chi connectivity index (χ0n) is 20.3. The number of nitrogens with zero attached hydrogens (tertiary/aromatic N) is 1. The quantitative estimate of drug-likeness (QED) is 0.176. The van der Waals surface area contributed by atoms with Crippen molar-refractivity contribution in [2.24, 2.45) is 0 Å². The van der Waals surface area contributed by atoms with Crippen LogP contribution >= 0.6 is 22.6 Å². The minimum absolute atomic E-state index is 0.0606. The van der Waals surface area contributed by atoms with E-state index in [-0.39, 0.29) is 12.1 Å². The minimum atomic E-state index is -0.798. The van der Waals surface area contributed by atoms with Crippen LogP contribution in [0, 0.1) is 3.57 Å². The van der Waals surface area contributed by atoms with Crippen molar-refractivity contribution in [3.05, 3.63) is 63.3 Å². The lowest BCUT2D eigenvalue weighted by Gasteiger charge is -2.26. The van der Waals surface area contributed by atoms with E-state index >= 15 is 0 Å². The molecule has 0 saturated carbocycles. The average molecular weight is 606 g/mol. The first-order chi connectivity index (χ1) is 17.3. The first-order valence-electron chi connectivity index (χ1n) is 11.1. The predicted octanol–water partition coefficient (Wildman–Crippen LogP) is 4.32. The Hall–Kier alpha value is -3.54. The zero-order valence-corrected chi connectivity index (χ0v) is 22.4. The fraction of sp³-hybridized carbons (Fsp3) is 0.269. The maximum Gasteiger partial charge on any atom is 0.331 e. The van der Waals surface area contributed by atoms with Crippen molar-refractivity contribution in [3.8, 4) is 23.0 Å². The van der Waals surface area contributed by atoms with E-state index in [2.05, 4.69) is 34.5 Å². The number of benzene rings is 2. The SMILES string of the molecule is C=CCOc1c(I)cc(/C=C2\C(=O)NC(=O)N(Cc3ccc(OCCC)c(OC)c3)C2=O)cc1OC. The van der Waals surface area contributed by atoms with Gasteiger partial charge in [-0.3, -0.25) is 19.8 Å². The van der Waals surface area contributed by atoms with Crippen LogP contribution in [-0.2, 0) is 16.1 Å². The Balaban J connectivity index is 1.89. The smallest absolute Gasteiger partial charge is 0.331 e. The number of carbonyl (C=O) groups excluding carboxylic acids is 3. The second-order valence-corrected chi connectivity index (χ2v) is 8.84. The van der Waals surface area contributed by atoms with Gasteiger partial charge in [0.15, 0.2) is 23.0 Å². The molecular formula is C26H27IN2O7. The summed E-state index contributed by atoms with van der Waals surface area (Å²) in [6.45, 7) is 6.40. The third kappa shape index (κ3) is 6.17. The Morgan fingerprint density at radius 1 is 1.03 bits per heavy atom. The summed E-state index contributed by atoms with van der Waals surface area (Å²) >= 11 is 2.08. The number of imide groups is 2. The van der Waals surface area contributed by atoms with Gasteiger partial charge in [0.25, 0.3) is 11.8 Å². The van der Waals surface area contributed by atoms with Gasteiger partial charge in [-0.1, -0.05) is 25.6 Å². The molecule has 0 unspecified atom stereocenters. The highest BCUT2D eigenvalue weighted by Gasteiger charge is 2.36. The van der Waals surface area contributed by atoms with Crippen molar-refractivity contribution in [2.75, 3.05) is 27.4 Å². The van der Waals surface area contributed by atoms with Crippen LogP contribution in [0.2, 0.25) is 0 Å². The van der Waals surface area contributed by atoms with Crippen LogP contribution in [0.15, 0.2) is 48.6 Å². The van der Waals surface area contributed by atoms with Gasteiger partial charge in [-0.2, -0.15) is 0 Å².